The summed E-state index contributed by atoms with van der Waals surface area (Å²) in [6.45, 7) is 2.15. The van der Waals surface area contributed by atoms with Crippen LogP contribution >= 0.6 is 0 Å². The standard InChI is InChI=1S/C25H31NO4/c1-6-7-8-9-10-14-18-25(26(2)3,19-17-21-15-12-11-13-16-21)22(24(28)30-5)20-23(27)29-4/h11-13,15-16,20H,6-10H2,1-5H3/b22-20+. The van der Waals surface area contributed by atoms with Gasteiger partial charge in [0, 0.05) is 18.1 Å². The quantitative estimate of drug-likeness (QED) is 0.284. The van der Waals surface area contributed by atoms with Crippen LogP contribution in [0.1, 0.15) is 44.6 Å². The van der Waals surface area contributed by atoms with Crippen LogP contribution in [0.15, 0.2) is 42.0 Å². The van der Waals surface area contributed by atoms with Gasteiger partial charge in [-0.25, -0.2) is 9.59 Å². The summed E-state index contributed by atoms with van der Waals surface area (Å²) in [5, 5.41) is 0. The van der Waals surface area contributed by atoms with Crippen LogP contribution in [0.5, 0.6) is 0 Å². The van der Waals surface area contributed by atoms with Crippen molar-refractivity contribution in [2.75, 3.05) is 28.3 Å². The van der Waals surface area contributed by atoms with E-state index in [9.17, 15) is 9.59 Å². The van der Waals surface area contributed by atoms with Gasteiger partial charge in [0.05, 0.1) is 19.8 Å². The zero-order chi connectivity index (χ0) is 22.4. The van der Waals surface area contributed by atoms with Gasteiger partial charge < -0.3 is 9.47 Å². The van der Waals surface area contributed by atoms with Gasteiger partial charge >= 0.3 is 11.9 Å². The Labute approximate surface area is 180 Å². The zero-order valence-corrected chi connectivity index (χ0v) is 18.6. The second kappa shape index (κ2) is 13.2. The molecule has 1 unspecified atom stereocenters. The number of likely N-dealkylation sites (N-methyl/N-ethyl adjacent to an activating group) is 1. The summed E-state index contributed by atoms with van der Waals surface area (Å²) in [5.74, 6) is 11.2. The van der Waals surface area contributed by atoms with E-state index in [0.29, 0.717) is 6.42 Å². The Hall–Kier alpha value is -3.02. The number of hydrogen-bond acceptors (Lipinski definition) is 5. The molecule has 1 aromatic carbocycles. The molecule has 5 heteroatoms. The van der Waals surface area contributed by atoms with E-state index in [1.165, 1.54) is 14.2 Å². The highest BCUT2D eigenvalue weighted by atomic mass is 16.5. The molecule has 0 spiro atoms. The lowest BCUT2D eigenvalue weighted by Crippen LogP contribution is -2.46. The Morgan fingerprint density at radius 1 is 1.03 bits per heavy atom. The first-order chi connectivity index (χ1) is 14.4. The largest absolute Gasteiger partial charge is 0.466 e. The van der Waals surface area contributed by atoms with E-state index >= 15 is 0 Å². The molecule has 0 aliphatic heterocycles. The first kappa shape index (κ1) is 25.0. The molecule has 0 saturated heterocycles. The van der Waals surface area contributed by atoms with E-state index in [-0.39, 0.29) is 5.57 Å². The minimum absolute atomic E-state index is 0.0198. The van der Waals surface area contributed by atoms with Gasteiger partial charge in [-0.05, 0) is 32.6 Å². The molecule has 0 saturated carbocycles. The van der Waals surface area contributed by atoms with Gasteiger partial charge in [-0.15, -0.1) is 0 Å². The normalized spacial score (nSPS) is 12.7. The lowest BCUT2D eigenvalue weighted by Gasteiger charge is -2.31. The Balaban J connectivity index is 3.55. The van der Waals surface area contributed by atoms with Gasteiger partial charge in [-0.3, -0.25) is 4.90 Å². The molecule has 30 heavy (non-hydrogen) atoms. The van der Waals surface area contributed by atoms with Gasteiger partial charge in [0.1, 0.15) is 0 Å². The van der Waals surface area contributed by atoms with Gasteiger partial charge in [0.25, 0.3) is 0 Å². The number of rotatable bonds is 8. The van der Waals surface area contributed by atoms with E-state index < -0.39 is 17.5 Å². The third-order valence-corrected chi connectivity index (χ3v) is 4.52. The summed E-state index contributed by atoms with van der Waals surface area (Å²) in [5.41, 5.74) is -0.538. The maximum atomic E-state index is 12.6. The summed E-state index contributed by atoms with van der Waals surface area (Å²) in [4.78, 5) is 26.4. The van der Waals surface area contributed by atoms with E-state index in [4.69, 9.17) is 9.47 Å². The van der Waals surface area contributed by atoms with Crippen LogP contribution in [0.4, 0.5) is 0 Å². The predicted molar refractivity (Wildman–Crippen MR) is 118 cm³/mol. The summed E-state index contributed by atoms with van der Waals surface area (Å²) < 4.78 is 9.69. The van der Waals surface area contributed by atoms with Crippen molar-refractivity contribution in [2.24, 2.45) is 0 Å². The average molecular weight is 410 g/mol. The molecule has 0 N–H and O–H groups in total. The smallest absolute Gasteiger partial charge is 0.337 e. The number of esters is 2. The van der Waals surface area contributed by atoms with Crippen LogP contribution < -0.4 is 0 Å². The van der Waals surface area contributed by atoms with E-state index in [0.717, 1.165) is 37.3 Å². The molecule has 0 bridgehead atoms. The van der Waals surface area contributed by atoms with Gasteiger partial charge in [-0.2, -0.15) is 0 Å². The summed E-state index contributed by atoms with van der Waals surface area (Å²) in [7, 11) is 6.04. The first-order valence-corrected chi connectivity index (χ1v) is 10.0. The number of methoxy groups -OCH3 is 2. The van der Waals surface area contributed by atoms with Crippen molar-refractivity contribution in [1.82, 2.24) is 4.90 Å². The Bertz CT molecular complexity index is 850. The molecule has 0 fully saturated rings. The molecule has 0 radical (unpaired) electrons. The highest BCUT2D eigenvalue weighted by Crippen LogP contribution is 2.24. The van der Waals surface area contributed by atoms with Gasteiger partial charge in [0.15, 0.2) is 5.54 Å². The van der Waals surface area contributed by atoms with Crippen molar-refractivity contribution < 1.29 is 19.1 Å². The predicted octanol–water partition coefficient (Wildman–Crippen LogP) is 3.58. The van der Waals surface area contributed by atoms with E-state index in [1.807, 2.05) is 30.3 Å². The monoisotopic (exact) mass is 409 g/mol. The van der Waals surface area contributed by atoms with Gasteiger partial charge in [0.2, 0.25) is 0 Å². The number of hydrogen-bond donors (Lipinski definition) is 0. The SMILES string of the molecule is CCCCCCC#CC(C#Cc1ccccc1)(/C(=C/C(=O)OC)C(=O)OC)N(C)C. The van der Waals surface area contributed by atoms with Crippen molar-refractivity contribution in [2.45, 2.75) is 44.6 Å². The lowest BCUT2D eigenvalue weighted by molar-refractivity contribution is -0.139. The lowest BCUT2D eigenvalue weighted by atomic mass is 9.88. The highest BCUT2D eigenvalue weighted by Gasteiger charge is 2.39. The van der Waals surface area contributed by atoms with Crippen molar-refractivity contribution in [3.05, 3.63) is 47.5 Å². The minimum atomic E-state index is -1.33. The molecule has 1 atom stereocenters. The van der Waals surface area contributed by atoms with Crippen LogP contribution in [-0.2, 0) is 19.1 Å². The number of carbonyl (C=O) groups excluding carboxylic acids is 2. The fourth-order valence-corrected chi connectivity index (χ4v) is 2.74. The zero-order valence-electron chi connectivity index (χ0n) is 18.6. The van der Waals surface area contributed by atoms with Crippen LogP contribution in [0, 0.1) is 23.7 Å². The van der Waals surface area contributed by atoms with Crippen molar-refractivity contribution in [3.8, 4) is 23.7 Å². The molecular formula is C25H31NO4. The number of unbranched alkanes of at least 4 members (excludes halogenated alkanes) is 4. The maximum Gasteiger partial charge on any atom is 0.337 e. The number of nitrogens with zero attached hydrogens (tertiary/aromatic N) is 1. The van der Waals surface area contributed by atoms with Crippen molar-refractivity contribution in [3.63, 3.8) is 0 Å². The fourth-order valence-electron chi connectivity index (χ4n) is 2.74. The molecule has 0 amide bonds. The number of ether oxygens (including phenoxy) is 2. The molecule has 0 heterocycles. The maximum absolute atomic E-state index is 12.6. The Kier molecular flexibility index (Phi) is 11.0. The molecule has 1 rings (SSSR count). The molecule has 160 valence electrons. The second-order valence-electron chi connectivity index (χ2n) is 6.91. The van der Waals surface area contributed by atoms with Crippen LogP contribution in [0.3, 0.4) is 0 Å². The third kappa shape index (κ3) is 7.43. The second-order valence-corrected chi connectivity index (χ2v) is 6.91. The molecular weight excluding hydrogens is 378 g/mol. The topological polar surface area (TPSA) is 55.8 Å². The van der Waals surface area contributed by atoms with Gasteiger partial charge in [-0.1, -0.05) is 68.1 Å². The summed E-state index contributed by atoms with van der Waals surface area (Å²) in [6, 6.07) is 9.40. The molecule has 5 nitrogen and oxygen atoms in total. The summed E-state index contributed by atoms with van der Waals surface area (Å²) >= 11 is 0. The van der Waals surface area contributed by atoms with Crippen LogP contribution in [-0.4, -0.2) is 50.7 Å². The molecule has 0 aliphatic carbocycles. The highest BCUT2D eigenvalue weighted by molar-refractivity contribution is 6.00. The van der Waals surface area contributed by atoms with Crippen LogP contribution in [0.2, 0.25) is 0 Å². The van der Waals surface area contributed by atoms with Crippen molar-refractivity contribution in [1.29, 1.82) is 0 Å². The number of benzene rings is 1. The van der Waals surface area contributed by atoms with E-state index in [2.05, 4.69) is 30.6 Å². The molecule has 0 aromatic heterocycles. The Morgan fingerprint density at radius 2 is 1.73 bits per heavy atom. The van der Waals surface area contributed by atoms with Crippen LogP contribution in [0.25, 0.3) is 0 Å². The number of carbonyl (C=O) groups is 2. The fraction of sp³-hybridized carbons (Fsp3) is 0.440. The Morgan fingerprint density at radius 3 is 2.30 bits per heavy atom. The minimum Gasteiger partial charge on any atom is -0.466 e. The third-order valence-electron chi connectivity index (χ3n) is 4.52. The first-order valence-electron chi connectivity index (χ1n) is 10.0. The summed E-state index contributed by atoms with van der Waals surface area (Å²) in [6.07, 6.45) is 6.14. The van der Waals surface area contributed by atoms with Crippen molar-refractivity contribution >= 4 is 11.9 Å². The molecule has 1 aromatic rings. The van der Waals surface area contributed by atoms with E-state index in [1.54, 1.807) is 19.0 Å². The molecule has 0 aliphatic rings. The average Bonchev–Trinajstić information content (AvgIpc) is 2.76.